The summed E-state index contributed by atoms with van der Waals surface area (Å²) >= 11 is 0. The van der Waals surface area contributed by atoms with Gasteiger partial charge in [0.1, 0.15) is 0 Å². The molecule has 11 heavy (non-hydrogen) atoms. The predicted octanol–water partition coefficient (Wildman–Crippen LogP) is 0.835. The maximum Gasteiger partial charge on any atom is 0.306 e. The number of carbonyl (C=O) groups is 1. The number of carboxylic acid groups (broad SMARTS) is 1. The van der Waals surface area contributed by atoms with Crippen molar-refractivity contribution in [1.29, 1.82) is 0 Å². The molecular weight excluding hydrogens is 166 g/mol. The summed E-state index contributed by atoms with van der Waals surface area (Å²) in [6.07, 6.45) is 1.62. The molecule has 0 radical (unpaired) electrons. The quantitative estimate of drug-likeness (QED) is 0.649. The Morgan fingerprint density at radius 3 is 2.27 bits per heavy atom. The summed E-state index contributed by atoms with van der Waals surface area (Å²) in [6, 6.07) is 0. The molecule has 0 aromatic carbocycles. The van der Waals surface area contributed by atoms with E-state index >= 15 is 0 Å². The summed E-state index contributed by atoms with van der Waals surface area (Å²) in [6.45, 7) is 1.86. The fourth-order valence-electron chi connectivity index (χ4n) is 1.26. The van der Waals surface area contributed by atoms with Crippen LogP contribution >= 0.6 is 12.4 Å². The minimum atomic E-state index is -0.631. The first-order valence-corrected chi connectivity index (χ1v) is 3.61. The molecular formula is C7H14ClNO2. The predicted molar refractivity (Wildman–Crippen MR) is 45.1 cm³/mol. The van der Waals surface area contributed by atoms with Gasteiger partial charge in [-0.25, -0.2) is 0 Å². The Kier molecular flexibility index (Phi) is 4.45. The smallest absolute Gasteiger partial charge is 0.306 e. The lowest BCUT2D eigenvalue weighted by molar-refractivity contribution is -0.143. The molecule has 1 heterocycles. The van der Waals surface area contributed by atoms with Crippen LogP contribution in [0.25, 0.3) is 0 Å². The van der Waals surface area contributed by atoms with E-state index in [-0.39, 0.29) is 18.3 Å². The molecule has 0 spiro atoms. The number of piperidine rings is 1. The number of nitrogens with zero attached hydrogens (tertiary/aromatic N) is 1. The lowest BCUT2D eigenvalue weighted by Crippen LogP contribution is -2.33. The van der Waals surface area contributed by atoms with Crippen LogP contribution in [-0.2, 0) is 4.79 Å². The maximum atomic E-state index is 10.4. The van der Waals surface area contributed by atoms with Gasteiger partial charge in [0, 0.05) is 0 Å². The lowest BCUT2D eigenvalue weighted by Gasteiger charge is -2.25. The molecule has 1 aliphatic rings. The maximum absolute atomic E-state index is 10.4. The molecule has 4 heteroatoms. The van der Waals surface area contributed by atoms with Crippen LogP contribution in [0.5, 0.6) is 0 Å². The van der Waals surface area contributed by atoms with Gasteiger partial charge in [0.05, 0.1) is 5.92 Å². The number of halogens is 1. The number of rotatable bonds is 1. The van der Waals surface area contributed by atoms with E-state index in [4.69, 9.17) is 5.11 Å². The van der Waals surface area contributed by atoms with Gasteiger partial charge in [0.15, 0.2) is 0 Å². The van der Waals surface area contributed by atoms with E-state index in [0.717, 1.165) is 25.9 Å². The normalized spacial score (nSPS) is 20.8. The Labute approximate surface area is 72.8 Å². The number of aliphatic carboxylic acids is 1. The van der Waals surface area contributed by atoms with Crippen molar-refractivity contribution in [2.45, 2.75) is 12.8 Å². The second kappa shape index (κ2) is 4.57. The van der Waals surface area contributed by atoms with Crippen LogP contribution in [0.2, 0.25) is 0 Å². The van der Waals surface area contributed by atoms with Gasteiger partial charge in [-0.2, -0.15) is 0 Å². The van der Waals surface area contributed by atoms with Gasteiger partial charge < -0.3 is 10.0 Å². The molecule has 0 atom stereocenters. The van der Waals surface area contributed by atoms with Crippen molar-refractivity contribution in [2.24, 2.45) is 5.92 Å². The van der Waals surface area contributed by atoms with E-state index in [9.17, 15) is 4.79 Å². The summed E-state index contributed by atoms with van der Waals surface area (Å²) < 4.78 is 0. The van der Waals surface area contributed by atoms with Crippen molar-refractivity contribution >= 4 is 18.4 Å². The van der Waals surface area contributed by atoms with E-state index in [2.05, 4.69) is 4.90 Å². The summed E-state index contributed by atoms with van der Waals surface area (Å²) in [5.74, 6) is -0.718. The molecule has 1 rings (SSSR count). The first-order valence-electron chi connectivity index (χ1n) is 3.61. The van der Waals surface area contributed by atoms with E-state index in [1.807, 2.05) is 7.05 Å². The summed E-state index contributed by atoms with van der Waals surface area (Å²) in [5.41, 5.74) is 0. The van der Waals surface area contributed by atoms with Crippen molar-refractivity contribution in [2.75, 3.05) is 20.1 Å². The SMILES string of the molecule is CN1CCC(C(=O)O)CC1.Cl. The topological polar surface area (TPSA) is 40.5 Å². The van der Waals surface area contributed by atoms with Crippen LogP contribution < -0.4 is 0 Å². The monoisotopic (exact) mass is 179 g/mol. The zero-order valence-electron chi connectivity index (χ0n) is 6.62. The number of hydrogen-bond acceptors (Lipinski definition) is 2. The molecule has 0 bridgehead atoms. The fraction of sp³-hybridized carbons (Fsp3) is 0.857. The largest absolute Gasteiger partial charge is 0.481 e. The Balaban J connectivity index is 0.000001000. The lowest BCUT2D eigenvalue weighted by atomic mass is 9.98. The van der Waals surface area contributed by atoms with Gasteiger partial charge in [-0.05, 0) is 33.0 Å². The van der Waals surface area contributed by atoms with Gasteiger partial charge >= 0.3 is 5.97 Å². The molecule has 0 aliphatic carbocycles. The molecule has 1 saturated heterocycles. The van der Waals surface area contributed by atoms with E-state index < -0.39 is 5.97 Å². The van der Waals surface area contributed by atoms with Crippen molar-refractivity contribution in [3.63, 3.8) is 0 Å². The van der Waals surface area contributed by atoms with Crippen LogP contribution in [0, 0.1) is 5.92 Å². The molecule has 0 unspecified atom stereocenters. The number of carboxylic acids is 1. The van der Waals surface area contributed by atoms with Crippen LogP contribution in [-0.4, -0.2) is 36.1 Å². The van der Waals surface area contributed by atoms with Gasteiger partial charge in [-0.15, -0.1) is 12.4 Å². The molecule has 0 amide bonds. The zero-order chi connectivity index (χ0) is 7.56. The molecule has 1 fully saturated rings. The van der Waals surface area contributed by atoms with Gasteiger partial charge in [-0.1, -0.05) is 0 Å². The fourth-order valence-corrected chi connectivity index (χ4v) is 1.26. The third-order valence-corrected chi connectivity index (χ3v) is 2.07. The first kappa shape index (κ1) is 10.7. The minimum Gasteiger partial charge on any atom is -0.481 e. The van der Waals surface area contributed by atoms with Crippen molar-refractivity contribution < 1.29 is 9.90 Å². The standard InChI is InChI=1S/C7H13NO2.ClH/c1-8-4-2-6(3-5-8)7(9)10;/h6H,2-5H2,1H3,(H,9,10);1H. The Bertz CT molecular complexity index is 132. The Morgan fingerprint density at radius 2 is 1.91 bits per heavy atom. The van der Waals surface area contributed by atoms with Crippen molar-refractivity contribution in [1.82, 2.24) is 4.90 Å². The highest BCUT2D eigenvalue weighted by Crippen LogP contribution is 2.15. The van der Waals surface area contributed by atoms with Gasteiger partial charge in [0.2, 0.25) is 0 Å². The highest BCUT2D eigenvalue weighted by atomic mass is 35.5. The highest BCUT2D eigenvalue weighted by Gasteiger charge is 2.21. The van der Waals surface area contributed by atoms with Crippen molar-refractivity contribution in [3.05, 3.63) is 0 Å². The minimum absolute atomic E-state index is 0. The van der Waals surface area contributed by atoms with Crippen LogP contribution in [0.3, 0.4) is 0 Å². The summed E-state index contributed by atoms with van der Waals surface area (Å²) in [5, 5.41) is 8.61. The Hall–Kier alpha value is -0.280. The molecule has 0 aromatic heterocycles. The van der Waals surface area contributed by atoms with Gasteiger partial charge in [-0.3, -0.25) is 4.79 Å². The van der Waals surface area contributed by atoms with E-state index in [0.29, 0.717) is 0 Å². The van der Waals surface area contributed by atoms with Crippen molar-refractivity contribution in [3.8, 4) is 0 Å². The number of hydrogen-bond donors (Lipinski definition) is 1. The molecule has 66 valence electrons. The second-order valence-corrected chi connectivity index (χ2v) is 2.92. The molecule has 0 aromatic rings. The average Bonchev–Trinajstić information content (AvgIpc) is 1.88. The van der Waals surface area contributed by atoms with E-state index in [1.165, 1.54) is 0 Å². The van der Waals surface area contributed by atoms with E-state index in [1.54, 1.807) is 0 Å². The van der Waals surface area contributed by atoms with Crippen LogP contribution in [0.4, 0.5) is 0 Å². The molecule has 1 N–H and O–H groups in total. The average molecular weight is 180 g/mol. The number of likely N-dealkylation sites (tertiary alicyclic amines) is 1. The van der Waals surface area contributed by atoms with Crippen LogP contribution in [0.15, 0.2) is 0 Å². The second-order valence-electron chi connectivity index (χ2n) is 2.92. The van der Waals surface area contributed by atoms with Crippen LogP contribution in [0.1, 0.15) is 12.8 Å². The molecule has 0 saturated carbocycles. The third-order valence-electron chi connectivity index (χ3n) is 2.07. The first-order chi connectivity index (χ1) is 4.70. The van der Waals surface area contributed by atoms with Gasteiger partial charge in [0.25, 0.3) is 0 Å². The molecule has 3 nitrogen and oxygen atoms in total. The summed E-state index contributed by atoms with van der Waals surface area (Å²) in [7, 11) is 2.03. The third kappa shape index (κ3) is 3.08. The Morgan fingerprint density at radius 1 is 1.45 bits per heavy atom. The zero-order valence-corrected chi connectivity index (χ0v) is 7.43. The summed E-state index contributed by atoms with van der Waals surface area (Å²) in [4.78, 5) is 12.6. The highest BCUT2D eigenvalue weighted by molar-refractivity contribution is 5.85. The molecule has 1 aliphatic heterocycles.